The lowest BCUT2D eigenvalue weighted by Crippen LogP contribution is -2.55. The quantitative estimate of drug-likeness (QED) is 0.785. The number of nitrogen functional groups attached to an aromatic ring is 1. The molecule has 8 heteroatoms. The topological polar surface area (TPSA) is 112 Å². The Hall–Kier alpha value is -2.38. The molecule has 1 aromatic rings. The van der Waals surface area contributed by atoms with Crippen molar-refractivity contribution in [1.82, 2.24) is 19.8 Å². The van der Waals surface area contributed by atoms with E-state index in [4.69, 9.17) is 5.73 Å². The molecule has 0 aromatic carbocycles. The maximum Gasteiger partial charge on any atom is 0.252 e. The second kappa shape index (κ2) is 8.32. The standard InChI is InChI=1S/C20H31N5O3/c1-14(2)5-9-25-13-20(7-4-17(25)27)6-3-8-24(12-20)18(28)11-15-10-16(26)23-19(21)22-15/h10,14H,3-9,11-13H2,1-2H3,(H3,21,22,23,26). The van der Waals surface area contributed by atoms with Crippen LogP contribution in [0.2, 0.25) is 0 Å². The molecule has 154 valence electrons. The van der Waals surface area contributed by atoms with Gasteiger partial charge in [-0.15, -0.1) is 0 Å². The van der Waals surface area contributed by atoms with Crippen LogP contribution in [0.5, 0.6) is 0 Å². The summed E-state index contributed by atoms with van der Waals surface area (Å²) in [7, 11) is 0. The molecule has 0 saturated carbocycles. The Morgan fingerprint density at radius 3 is 2.82 bits per heavy atom. The lowest BCUT2D eigenvalue weighted by molar-refractivity contribution is -0.142. The van der Waals surface area contributed by atoms with Crippen molar-refractivity contribution in [2.45, 2.75) is 52.4 Å². The van der Waals surface area contributed by atoms with Crippen molar-refractivity contribution in [3.63, 3.8) is 0 Å². The van der Waals surface area contributed by atoms with Gasteiger partial charge in [-0.1, -0.05) is 13.8 Å². The van der Waals surface area contributed by atoms with Crippen molar-refractivity contribution in [3.8, 4) is 0 Å². The highest BCUT2D eigenvalue weighted by Crippen LogP contribution is 2.39. The molecule has 0 bridgehead atoms. The number of amides is 2. The third-order valence-corrected chi connectivity index (χ3v) is 5.88. The number of nitrogens with zero attached hydrogens (tertiary/aromatic N) is 3. The highest BCUT2D eigenvalue weighted by molar-refractivity contribution is 5.79. The molecule has 3 rings (SSSR count). The summed E-state index contributed by atoms with van der Waals surface area (Å²) in [5, 5.41) is 0. The first-order valence-electron chi connectivity index (χ1n) is 10.2. The Bertz CT molecular complexity index is 790. The number of aromatic nitrogens is 2. The molecule has 0 aliphatic carbocycles. The first-order valence-corrected chi connectivity index (χ1v) is 10.2. The molecule has 1 aromatic heterocycles. The molecule has 2 aliphatic rings. The molecule has 1 spiro atoms. The van der Waals surface area contributed by atoms with Gasteiger partial charge < -0.3 is 15.5 Å². The van der Waals surface area contributed by atoms with E-state index >= 15 is 0 Å². The number of hydrogen-bond donors (Lipinski definition) is 2. The van der Waals surface area contributed by atoms with E-state index in [1.165, 1.54) is 6.07 Å². The predicted molar refractivity (Wildman–Crippen MR) is 106 cm³/mol. The van der Waals surface area contributed by atoms with Gasteiger partial charge in [0.25, 0.3) is 5.56 Å². The van der Waals surface area contributed by atoms with Crippen LogP contribution in [-0.2, 0) is 16.0 Å². The van der Waals surface area contributed by atoms with Crippen LogP contribution >= 0.6 is 0 Å². The fraction of sp³-hybridized carbons (Fsp3) is 0.700. The maximum atomic E-state index is 12.8. The zero-order valence-corrected chi connectivity index (χ0v) is 16.9. The zero-order chi connectivity index (χ0) is 20.3. The molecule has 1 unspecified atom stereocenters. The van der Waals surface area contributed by atoms with Crippen molar-refractivity contribution in [2.75, 3.05) is 31.9 Å². The van der Waals surface area contributed by atoms with E-state index < -0.39 is 0 Å². The van der Waals surface area contributed by atoms with Gasteiger partial charge in [-0.2, -0.15) is 0 Å². The van der Waals surface area contributed by atoms with E-state index in [0.717, 1.165) is 38.8 Å². The van der Waals surface area contributed by atoms with Crippen molar-refractivity contribution in [3.05, 3.63) is 22.1 Å². The van der Waals surface area contributed by atoms with E-state index in [0.29, 0.717) is 31.1 Å². The summed E-state index contributed by atoms with van der Waals surface area (Å²) < 4.78 is 0. The molecule has 2 saturated heterocycles. The van der Waals surface area contributed by atoms with Crippen LogP contribution in [0.15, 0.2) is 10.9 Å². The maximum absolute atomic E-state index is 12.8. The minimum absolute atomic E-state index is 0.0145. The van der Waals surface area contributed by atoms with Crippen LogP contribution in [0.4, 0.5) is 5.95 Å². The number of nitrogens with two attached hydrogens (primary N) is 1. The number of nitrogens with one attached hydrogen (secondary N) is 1. The van der Waals surface area contributed by atoms with E-state index in [1.807, 2.05) is 9.80 Å². The molecular weight excluding hydrogens is 358 g/mol. The predicted octanol–water partition coefficient (Wildman–Crippen LogP) is 1.17. The van der Waals surface area contributed by atoms with Gasteiger partial charge in [0.1, 0.15) is 0 Å². The molecule has 28 heavy (non-hydrogen) atoms. The Kier molecular flexibility index (Phi) is 6.05. The number of anilines is 1. The molecule has 8 nitrogen and oxygen atoms in total. The van der Waals surface area contributed by atoms with E-state index in [-0.39, 0.29) is 35.2 Å². The van der Waals surface area contributed by atoms with Crippen molar-refractivity contribution in [2.24, 2.45) is 11.3 Å². The highest BCUT2D eigenvalue weighted by atomic mass is 16.2. The number of hydrogen-bond acceptors (Lipinski definition) is 5. The van der Waals surface area contributed by atoms with Gasteiger partial charge in [0.2, 0.25) is 17.8 Å². The second-order valence-corrected chi connectivity index (χ2v) is 8.72. The SMILES string of the molecule is CC(C)CCN1CC2(CCCN(C(=O)Cc3cc(=O)[nH]c(N)n3)C2)CCC1=O. The van der Waals surface area contributed by atoms with Crippen LogP contribution in [0.1, 0.15) is 51.6 Å². The van der Waals surface area contributed by atoms with Crippen LogP contribution in [0.3, 0.4) is 0 Å². The minimum Gasteiger partial charge on any atom is -0.369 e. The van der Waals surface area contributed by atoms with Gasteiger partial charge in [-0.25, -0.2) is 4.98 Å². The summed E-state index contributed by atoms with van der Waals surface area (Å²) in [6.45, 7) is 7.23. The van der Waals surface area contributed by atoms with Crippen LogP contribution < -0.4 is 11.3 Å². The molecule has 2 amide bonds. The van der Waals surface area contributed by atoms with Gasteiger partial charge in [0.05, 0.1) is 12.1 Å². The zero-order valence-electron chi connectivity index (χ0n) is 16.9. The Morgan fingerprint density at radius 1 is 1.32 bits per heavy atom. The lowest BCUT2D eigenvalue weighted by atomic mass is 9.73. The Balaban J connectivity index is 1.66. The van der Waals surface area contributed by atoms with Gasteiger partial charge in [-0.05, 0) is 31.6 Å². The lowest BCUT2D eigenvalue weighted by Gasteiger charge is -2.48. The Labute approximate surface area is 165 Å². The van der Waals surface area contributed by atoms with Crippen LogP contribution in [0.25, 0.3) is 0 Å². The number of carbonyl (C=O) groups is 2. The summed E-state index contributed by atoms with van der Waals surface area (Å²) in [4.78, 5) is 47.0. The number of likely N-dealkylation sites (tertiary alicyclic amines) is 2. The van der Waals surface area contributed by atoms with E-state index in [2.05, 4.69) is 23.8 Å². The second-order valence-electron chi connectivity index (χ2n) is 8.72. The molecule has 3 heterocycles. The molecule has 0 radical (unpaired) electrons. The smallest absolute Gasteiger partial charge is 0.252 e. The van der Waals surface area contributed by atoms with Crippen molar-refractivity contribution >= 4 is 17.8 Å². The largest absolute Gasteiger partial charge is 0.369 e. The fourth-order valence-corrected chi connectivity index (χ4v) is 4.36. The van der Waals surface area contributed by atoms with Gasteiger partial charge in [0, 0.05) is 44.1 Å². The number of H-pyrrole nitrogens is 1. The first-order chi connectivity index (χ1) is 13.3. The molecule has 2 fully saturated rings. The van der Waals surface area contributed by atoms with Gasteiger partial charge >= 0.3 is 0 Å². The average Bonchev–Trinajstić information content (AvgIpc) is 2.62. The summed E-state index contributed by atoms with van der Waals surface area (Å²) >= 11 is 0. The third kappa shape index (κ3) is 4.91. The number of aromatic amines is 1. The number of piperidine rings is 2. The third-order valence-electron chi connectivity index (χ3n) is 5.88. The molecular formula is C20H31N5O3. The van der Waals surface area contributed by atoms with Gasteiger partial charge in [0.15, 0.2) is 0 Å². The molecule has 2 aliphatic heterocycles. The number of carbonyl (C=O) groups excluding carboxylic acids is 2. The normalized spacial score (nSPS) is 22.9. The number of rotatable bonds is 5. The summed E-state index contributed by atoms with van der Waals surface area (Å²) in [6, 6.07) is 1.32. The van der Waals surface area contributed by atoms with E-state index in [1.54, 1.807) is 0 Å². The monoisotopic (exact) mass is 389 g/mol. The minimum atomic E-state index is -0.350. The average molecular weight is 390 g/mol. The van der Waals surface area contributed by atoms with Crippen LogP contribution in [-0.4, -0.2) is 57.8 Å². The van der Waals surface area contributed by atoms with Crippen molar-refractivity contribution in [1.29, 1.82) is 0 Å². The summed E-state index contributed by atoms with van der Waals surface area (Å²) in [5.74, 6) is 0.779. The molecule has 3 N–H and O–H groups in total. The summed E-state index contributed by atoms with van der Waals surface area (Å²) in [6.07, 6.45) is 4.44. The highest BCUT2D eigenvalue weighted by Gasteiger charge is 2.42. The van der Waals surface area contributed by atoms with E-state index in [9.17, 15) is 14.4 Å². The fourth-order valence-electron chi connectivity index (χ4n) is 4.36. The van der Waals surface area contributed by atoms with Crippen molar-refractivity contribution < 1.29 is 9.59 Å². The molecule has 1 atom stereocenters. The van der Waals surface area contributed by atoms with Crippen LogP contribution in [0, 0.1) is 11.3 Å². The van der Waals surface area contributed by atoms with Gasteiger partial charge in [-0.3, -0.25) is 19.4 Å². The Morgan fingerprint density at radius 2 is 2.11 bits per heavy atom. The summed E-state index contributed by atoms with van der Waals surface area (Å²) in [5.41, 5.74) is 5.60. The first kappa shape index (κ1) is 20.4.